The quantitative estimate of drug-likeness (QED) is 0.591. The Morgan fingerprint density at radius 2 is 1.92 bits per heavy atom. The second-order valence-corrected chi connectivity index (χ2v) is 8.43. The van der Waals surface area contributed by atoms with Gasteiger partial charge in [-0.05, 0) is 43.2 Å². The summed E-state index contributed by atoms with van der Waals surface area (Å²) in [5.41, 5.74) is 1.32. The molecule has 26 heavy (non-hydrogen) atoms. The molecule has 6 unspecified atom stereocenters. The molecule has 1 aromatic carbocycles. The van der Waals surface area contributed by atoms with Gasteiger partial charge in [0.1, 0.15) is 12.2 Å². The molecule has 1 saturated heterocycles. The van der Waals surface area contributed by atoms with E-state index in [1.165, 1.54) is 0 Å². The summed E-state index contributed by atoms with van der Waals surface area (Å²) in [6.45, 7) is 8.39. The average molecular weight is 354 g/mol. The van der Waals surface area contributed by atoms with E-state index >= 15 is 0 Å². The Labute approximate surface area is 154 Å². The van der Waals surface area contributed by atoms with Crippen LogP contribution in [0.25, 0.3) is 0 Å². The lowest BCUT2D eigenvalue weighted by Gasteiger charge is -2.54. The van der Waals surface area contributed by atoms with Crippen molar-refractivity contribution in [3.8, 4) is 0 Å². The molecule has 0 N–H and O–H groups in total. The first-order valence-electron chi connectivity index (χ1n) is 9.56. The molecule has 0 radical (unpaired) electrons. The van der Waals surface area contributed by atoms with E-state index < -0.39 is 0 Å². The van der Waals surface area contributed by atoms with Crippen molar-refractivity contribution < 1.29 is 19.1 Å². The van der Waals surface area contributed by atoms with Crippen molar-refractivity contribution in [1.29, 1.82) is 0 Å². The minimum Gasteiger partial charge on any atom is -0.458 e. The molecule has 2 saturated carbocycles. The number of benzene rings is 1. The largest absolute Gasteiger partial charge is 0.458 e. The summed E-state index contributed by atoms with van der Waals surface area (Å²) in [7, 11) is 0. The number of hydrogen-bond donors (Lipinski definition) is 0. The van der Waals surface area contributed by atoms with Gasteiger partial charge in [0, 0.05) is 23.3 Å². The first-order valence-corrected chi connectivity index (χ1v) is 9.56. The molecule has 1 heterocycles. The maximum Gasteiger partial charge on any atom is 0.338 e. The molecule has 1 aliphatic heterocycles. The number of esters is 2. The third-order valence-electron chi connectivity index (χ3n) is 6.96. The molecule has 4 rings (SSSR count). The minimum absolute atomic E-state index is 0.117. The van der Waals surface area contributed by atoms with E-state index in [9.17, 15) is 9.59 Å². The van der Waals surface area contributed by atoms with Gasteiger partial charge in [-0.2, -0.15) is 0 Å². The molecular formula is C22H26O4. The van der Waals surface area contributed by atoms with Gasteiger partial charge in [-0.3, -0.25) is 0 Å². The third kappa shape index (κ3) is 2.67. The average Bonchev–Trinajstić information content (AvgIpc) is 2.92. The van der Waals surface area contributed by atoms with E-state index in [1.54, 1.807) is 12.1 Å². The lowest BCUT2D eigenvalue weighted by Crippen LogP contribution is -2.53. The van der Waals surface area contributed by atoms with Gasteiger partial charge in [0.05, 0.1) is 5.56 Å². The topological polar surface area (TPSA) is 52.6 Å². The summed E-state index contributed by atoms with van der Waals surface area (Å²) >= 11 is 0. The maximum atomic E-state index is 12.5. The van der Waals surface area contributed by atoms with Crippen LogP contribution in [0, 0.1) is 23.2 Å². The molecular weight excluding hydrogens is 328 g/mol. The highest BCUT2D eigenvalue weighted by Gasteiger charge is 2.58. The normalized spacial score (nSPS) is 38.9. The summed E-state index contributed by atoms with van der Waals surface area (Å²) in [6, 6.07) is 9.12. The van der Waals surface area contributed by atoms with E-state index in [2.05, 4.69) is 20.4 Å². The Balaban J connectivity index is 1.55. The van der Waals surface area contributed by atoms with Crippen molar-refractivity contribution in [1.82, 2.24) is 0 Å². The fourth-order valence-electron chi connectivity index (χ4n) is 5.48. The molecule has 2 aliphatic carbocycles. The smallest absolute Gasteiger partial charge is 0.338 e. The standard InChI is InChI=1S/C22H26O4/c1-13-16-9-11-22(3)12-10-17(14(2)18(22)19(16)26-20(13)23)25-21(24)15-7-5-4-6-8-15/h4-8,14,16-19H,1,9-12H2,2-3H3. The van der Waals surface area contributed by atoms with Gasteiger partial charge in [-0.1, -0.05) is 38.6 Å². The van der Waals surface area contributed by atoms with E-state index in [1.807, 2.05) is 18.2 Å². The van der Waals surface area contributed by atoms with Crippen LogP contribution in [-0.2, 0) is 14.3 Å². The van der Waals surface area contributed by atoms with Crippen molar-refractivity contribution in [2.24, 2.45) is 23.2 Å². The zero-order chi connectivity index (χ0) is 18.5. The van der Waals surface area contributed by atoms with Crippen molar-refractivity contribution >= 4 is 11.9 Å². The molecule has 0 spiro atoms. The Kier molecular flexibility index (Phi) is 4.17. The predicted molar refractivity (Wildman–Crippen MR) is 97.4 cm³/mol. The number of ether oxygens (including phenoxy) is 2. The molecule has 1 aromatic rings. The molecule has 4 heteroatoms. The van der Waals surface area contributed by atoms with Crippen LogP contribution in [0.4, 0.5) is 0 Å². The van der Waals surface area contributed by atoms with Crippen LogP contribution in [-0.4, -0.2) is 24.1 Å². The highest BCUT2D eigenvalue weighted by atomic mass is 16.6. The first kappa shape index (κ1) is 17.3. The van der Waals surface area contributed by atoms with Gasteiger partial charge < -0.3 is 9.47 Å². The summed E-state index contributed by atoms with van der Waals surface area (Å²) in [6.07, 6.45) is 3.61. The summed E-state index contributed by atoms with van der Waals surface area (Å²) in [4.78, 5) is 24.6. The predicted octanol–water partition coefficient (Wildman–Crippen LogP) is 4.16. The van der Waals surface area contributed by atoms with E-state index in [4.69, 9.17) is 9.47 Å². The number of hydrogen-bond acceptors (Lipinski definition) is 4. The minimum atomic E-state index is -0.272. The van der Waals surface area contributed by atoms with Crippen LogP contribution in [0.3, 0.4) is 0 Å². The highest BCUT2D eigenvalue weighted by Crippen LogP contribution is 2.58. The van der Waals surface area contributed by atoms with Crippen molar-refractivity contribution in [2.45, 2.75) is 51.7 Å². The van der Waals surface area contributed by atoms with Crippen LogP contribution in [0.15, 0.2) is 42.5 Å². The molecule has 3 aliphatic rings. The van der Waals surface area contributed by atoms with Crippen molar-refractivity contribution in [2.75, 3.05) is 0 Å². The zero-order valence-electron chi connectivity index (χ0n) is 15.4. The van der Waals surface area contributed by atoms with Crippen LogP contribution < -0.4 is 0 Å². The van der Waals surface area contributed by atoms with E-state index in [0.717, 1.165) is 25.7 Å². The number of fused-ring (bicyclic) bond motifs is 3. The fourth-order valence-corrected chi connectivity index (χ4v) is 5.48. The lowest BCUT2D eigenvalue weighted by atomic mass is 9.53. The van der Waals surface area contributed by atoms with Crippen molar-refractivity contribution in [3.63, 3.8) is 0 Å². The van der Waals surface area contributed by atoms with Gasteiger partial charge >= 0.3 is 11.9 Å². The Morgan fingerprint density at radius 1 is 1.23 bits per heavy atom. The highest BCUT2D eigenvalue weighted by molar-refractivity contribution is 5.91. The van der Waals surface area contributed by atoms with Gasteiger partial charge in [-0.25, -0.2) is 9.59 Å². The molecule has 3 fully saturated rings. The van der Waals surface area contributed by atoms with Gasteiger partial charge in [0.25, 0.3) is 0 Å². The van der Waals surface area contributed by atoms with Gasteiger partial charge in [0.2, 0.25) is 0 Å². The van der Waals surface area contributed by atoms with E-state index in [0.29, 0.717) is 11.1 Å². The monoisotopic (exact) mass is 354 g/mol. The Bertz CT molecular complexity index is 740. The molecule has 4 nitrogen and oxygen atoms in total. The summed E-state index contributed by atoms with van der Waals surface area (Å²) < 4.78 is 11.6. The zero-order valence-corrected chi connectivity index (χ0v) is 15.4. The van der Waals surface area contributed by atoms with Crippen LogP contribution in [0.5, 0.6) is 0 Å². The first-order chi connectivity index (χ1) is 12.4. The summed E-state index contributed by atoms with van der Waals surface area (Å²) in [5, 5.41) is 0. The SMILES string of the molecule is C=C1C(=O)OC2C1CCC1(C)CCC(OC(=O)c3ccccc3)C(C)C21. The Hall–Kier alpha value is -2.10. The maximum absolute atomic E-state index is 12.5. The van der Waals surface area contributed by atoms with E-state index in [-0.39, 0.29) is 47.3 Å². The van der Waals surface area contributed by atoms with Crippen LogP contribution >= 0.6 is 0 Å². The lowest BCUT2D eigenvalue weighted by molar-refractivity contribution is -0.159. The number of rotatable bonds is 2. The molecule has 0 amide bonds. The molecule has 0 aromatic heterocycles. The molecule has 6 atom stereocenters. The van der Waals surface area contributed by atoms with Crippen molar-refractivity contribution in [3.05, 3.63) is 48.0 Å². The second-order valence-electron chi connectivity index (χ2n) is 8.43. The van der Waals surface area contributed by atoms with Gasteiger partial charge in [-0.15, -0.1) is 0 Å². The molecule has 0 bridgehead atoms. The third-order valence-corrected chi connectivity index (χ3v) is 6.96. The van der Waals surface area contributed by atoms with Crippen LogP contribution in [0.2, 0.25) is 0 Å². The Morgan fingerprint density at radius 3 is 2.65 bits per heavy atom. The molecule has 138 valence electrons. The second kappa shape index (κ2) is 6.26. The number of carbonyl (C=O) groups is 2. The fraction of sp³-hybridized carbons (Fsp3) is 0.545. The number of carbonyl (C=O) groups excluding carboxylic acids is 2. The van der Waals surface area contributed by atoms with Crippen LogP contribution in [0.1, 0.15) is 49.9 Å². The van der Waals surface area contributed by atoms with Gasteiger partial charge in [0.15, 0.2) is 0 Å². The summed E-state index contributed by atoms with van der Waals surface area (Å²) in [5.74, 6) is -0.0580.